The zero-order chi connectivity index (χ0) is 16.5. The van der Waals surface area contributed by atoms with Gasteiger partial charge in [-0.05, 0) is 49.6 Å². The van der Waals surface area contributed by atoms with Gasteiger partial charge in [0.2, 0.25) is 0 Å². The van der Waals surface area contributed by atoms with Crippen LogP contribution in [0.15, 0.2) is 53.3 Å². The molecule has 24 heavy (non-hydrogen) atoms. The summed E-state index contributed by atoms with van der Waals surface area (Å²) in [6, 6.07) is 16.5. The third kappa shape index (κ3) is 2.74. The van der Waals surface area contributed by atoms with Crippen LogP contribution in [0.2, 0.25) is 0 Å². The van der Waals surface area contributed by atoms with E-state index in [-0.39, 0.29) is 5.56 Å². The number of rotatable bonds is 3. The number of para-hydroxylation sites is 1. The van der Waals surface area contributed by atoms with Crippen molar-refractivity contribution in [3.8, 4) is 0 Å². The maximum Gasteiger partial charge on any atom is 0.258 e. The Labute approximate surface area is 141 Å². The summed E-state index contributed by atoms with van der Waals surface area (Å²) in [4.78, 5) is 22.3. The lowest BCUT2D eigenvalue weighted by Gasteiger charge is -2.25. The van der Waals surface area contributed by atoms with Crippen molar-refractivity contribution in [1.82, 2.24) is 14.9 Å². The highest BCUT2D eigenvalue weighted by Crippen LogP contribution is 2.34. The molecule has 4 rings (SSSR count). The van der Waals surface area contributed by atoms with Crippen LogP contribution in [0.4, 0.5) is 0 Å². The van der Waals surface area contributed by atoms with Crippen molar-refractivity contribution in [3.63, 3.8) is 0 Å². The Bertz CT molecular complexity index is 931. The molecule has 1 atom stereocenters. The fourth-order valence-electron chi connectivity index (χ4n) is 3.73. The molecule has 0 radical (unpaired) electrons. The standard InChI is InChI=1S/C20H21N3O/c1-14-7-2-3-8-15(14)18-11-6-12-23(18)13-19-21-17-10-5-4-9-16(17)20(24)22-19/h2-5,7-10,18H,6,11-13H2,1H3,(H,21,22,24)/t18-/m1/s1. The maximum absolute atomic E-state index is 12.3. The van der Waals surface area contributed by atoms with Gasteiger partial charge in [0.15, 0.2) is 0 Å². The average Bonchev–Trinajstić information content (AvgIpc) is 3.03. The number of aromatic amines is 1. The summed E-state index contributed by atoms with van der Waals surface area (Å²) in [7, 11) is 0. The zero-order valence-electron chi connectivity index (χ0n) is 13.8. The predicted molar refractivity (Wildman–Crippen MR) is 95.9 cm³/mol. The second-order valence-corrected chi connectivity index (χ2v) is 6.51. The summed E-state index contributed by atoms with van der Waals surface area (Å²) >= 11 is 0. The van der Waals surface area contributed by atoms with Gasteiger partial charge in [-0.1, -0.05) is 36.4 Å². The highest BCUT2D eigenvalue weighted by atomic mass is 16.1. The molecule has 4 nitrogen and oxygen atoms in total. The molecule has 1 fully saturated rings. The maximum atomic E-state index is 12.3. The summed E-state index contributed by atoms with van der Waals surface area (Å²) in [5, 5.41) is 0.651. The zero-order valence-corrected chi connectivity index (χ0v) is 13.8. The monoisotopic (exact) mass is 319 g/mol. The van der Waals surface area contributed by atoms with E-state index in [0.717, 1.165) is 24.3 Å². The van der Waals surface area contributed by atoms with Crippen LogP contribution < -0.4 is 5.56 Å². The number of nitrogens with zero attached hydrogens (tertiary/aromatic N) is 2. The quantitative estimate of drug-likeness (QED) is 0.803. The molecular weight excluding hydrogens is 298 g/mol. The fraction of sp³-hybridized carbons (Fsp3) is 0.300. The van der Waals surface area contributed by atoms with E-state index in [1.165, 1.54) is 17.5 Å². The van der Waals surface area contributed by atoms with E-state index in [2.05, 4.69) is 46.1 Å². The Morgan fingerprint density at radius 2 is 1.96 bits per heavy atom. The molecule has 3 aromatic rings. The van der Waals surface area contributed by atoms with Gasteiger partial charge in [-0.25, -0.2) is 4.98 Å². The van der Waals surface area contributed by atoms with E-state index >= 15 is 0 Å². The highest BCUT2D eigenvalue weighted by molar-refractivity contribution is 5.77. The minimum atomic E-state index is -0.0535. The molecule has 2 aromatic carbocycles. The Morgan fingerprint density at radius 1 is 1.17 bits per heavy atom. The van der Waals surface area contributed by atoms with Crippen molar-refractivity contribution in [2.24, 2.45) is 0 Å². The van der Waals surface area contributed by atoms with Crippen LogP contribution in [-0.2, 0) is 6.54 Å². The van der Waals surface area contributed by atoms with Crippen molar-refractivity contribution >= 4 is 10.9 Å². The largest absolute Gasteiger partial charge is 0.309 e. The minimum Gasteiger partial charge on any atom is -0.309 e. The first-order chi connectivity index (χ1) is 11.7. The minimum absolute atomic E-state index is 0.0535. The summed E-state index contributed by atoms with van der Waals surface area (Å²) in [5.41, 5.74) is 3.43. The van der Waals surface area contributed by atoms with Crippen LogP contribution in [0, 0.1) is 6.92 Å². The number of likely N-dealkylation sites (tertiary alicyclic amines) is 1. The van der Waals surface area contributed by atoms with Crippen LogP contribution >= 0.6 is 0 Å². The van der Waals surface area contributed by atoms with Crippen LogP contribution in [-0.4, -0.2) is 21.4 Å². The summed E-state index contributed by atoms with van der Waals surface area (Å²) in [6.07, 6.45) is 2.33. The number of benzene rings is 2. The molecule has 0 unspecified atom stereocenters. The molecule has 0 amide bonds. The van der Waals surface area contributed by atoms with Gasteiger partial charge in [0.05, 0.1) is 17.4 Å². The second kappa shape index (κ2) is 6.21. The molecule has 0 spiro atoms. The third-order valence-corrected chi connectivity index (χ3v) is 4.93. The molecule has 1 aliphatic rings. The van der Waals surface area contributed by atoms with E-state index in [1.54, 1.807) is 0 Å². The van der Waals surface area contributed by atoms with Gasteiger partial charge in [-0.2, -0.15) is 0 Å². The van der Waals surface area contributed by atoms with Gasteiger partial charge in [-0.3, -0.25) is 9.69 Å². The molecule has 0 aliphatic carbocycles. The van der Waals surface area contributed by atoms with E-state index in [9.17, 15) is 4.79 Å². The number of fused-ring (bicyclic) bond motifs is 1. The van der Waals surface area contributed by atoms with Crippen LogP contribution in [0.5, 0.6) is 0 Å². The topological polar surface area (TPSA) is 49.0 Å². The van der Waals surface area contributed by atoms with Crippen molar-refractivity contribution < 1.29 is 0 Å². The summed E-state index contributed by atoms with van der Waals surface area (Å²) in [5.74, 6) is 0.749. The smallest absolute Gasteiger partial charge is 0.258 e. The van der Waals surface area contributed by atoms with Crippen molar-refractivity contribution in [3.05, 3.63) is 75.8 Å². The first-order valence-electron chi connectivity index (χ1n) is 8.50. The normalized spacial score (nSPS) is 18.3. The molecule has 0 bridgehead atoms. The Morgan fingerprint density at radius 3 is 2.83 bits per heavy atom. The first kappa shape index (κ1) is 15.1. The SMILES string of the molecule is Cc1ccccc1[C@H]1CCCN1Cc1nc2ccccc2c(=O)[nH]1. The second-order valence-electron chi connectivity index (χ2n) is 6.51. The molecule has 122 valence electrons. The molecule has 1 aliphatic heterocycles. The number of aryl methyl sites for hydroxylation is 1. The van der Waals surface area contributed by atoms with Gasteiger partial charge in [0.25, 0.3) is 5.56 Å². The molecule has 0 saturated carbocycles. The highest BCUT2D eigenvalue weighted by Gasteiger charge is 2.27. The Hall–Kier alpha value is -2.46. The van der Waals surface area contributed by atoms with Crippen molar-refractivity contribution in [1.29, 1.82) is 0 Å². The van der Waals surface area contributed by atoms with Crippen molar-refractivity contribution in [2.75, 3.05) is 6.54 Å². The molecule has 1 N–H and O–H groups in total. The van der Waals surface area contributed by atoms with E-state index in [0.29, 0.717) is 18.0 Å². The fourth-order valence-corrected chi connectivity index (χ4v) is 3.73. The molecule has 1 aromatic heterocycles. The van der Waals surface area contributed by atoms with Crippen LogP contribution in [0.25, 0.3) is 10.9 Å². The van der Waals surface area contributed by atoms with Gasteiger partial charge >= 0.3 is 0 Å². The van der Waals surface area contributed by atoms with E-state index in [1.807, 2.05) is 24.3 Å². The molecule has 4 heteroatoms. The molecule has 1 saturated heterocycles. The Balaban J connectivity index is 1.65. The van der Waals surface area contributed by atoms with E-state index in [4.69, 9.17) is 0 Å². The van der Waals surface area contributed by atoms with Crippen molar-refractivity contribution in [2.45, 2.75) is 32.4 Å². The number of nitrogens with one attached hydrogen (secondary N) is 1. The third-order valence-electron chi connectivity index (χ3n) is 4.93. The molecule has 2 heterocycles. The average molecular weight is 319 g/mol. The van der Waals surface area contributed by atoms with Gasteiger partial charge in [0, 0.05) is 6.04 Å². The van der Waals surface area contributed by atoms with Gasteiger partial charge in [-0.15, -0.1) is 0 Å². The van der Waals surface area contributed by atoms with Gasteiger partial charge < -0.3 is 4.98 Å². The number of hydrogen-bond acceptors (Lipinski definition) is 3. The number of aromatic nitrogens is 2. The molecular formula is C20H21N3O. The van der Waals surface area contributed by atoms with Crippen LogP contribution in [0.3, 0.4) is 0 Å². The lowest BCUT2D eigenvalue weighted by molar-refractivity contribution is 0.242. The number of hydrogen-bond donors (Lipinski definition) is 1. The first-order valence-corrected chi connectivity index (χ1v) is 8.50. The van der Waals surface area contributed by atoms with E-state index < -0.39 is 0 Å². The Kier molecular flexibility index (Phi) is 3.90. The summed E-state index contributed by atoms with van der Waals surface area (Å²) in [6.45, 7) is 3.89. The van der Waals surface area contributed by atoms with Crippen LogP contribution in [0.1, 0.15) is 35.8 Å². The number of H-pyrrole nitrogens is 1. The predicted octanol–water partition coefficient (Wildman–Crippen LogP) is 3.57. The lowest BCUT2D eigenvalue weighted by atomic mass is 9.99. The summed E-state index contributed by atoms with van der Waals surface area (Å²) < 4.78 is 0. The van der Waals surface area contributed by atoms with Gasteiger partial charge in [0.1, 0.15) is 5.82 Å². The lowest BCUT2D eigenvalue weighted by Crippen LogP contribution is -2.26.